The maximum atomic E-state index is 12.6. The smallest absolute Gasteiger partial charge is 0.276 e. The number of carbonyl (C=O) groups is 1. The Hall–Kier alpha value is -3.80. The number of nitrogens with one attached hydrogen (secondary N) is 2. The molecule has 0 unspecified atom stereocenters. The second-order valence-corrected chi connectivity index (χ2v) is 7.04. The van der Waals surface area contributed by atoms with Crippen molar-refractivity contribution in [3.05, 3.63) is 84.2 Å². The lowest BCUT2D eigenvalue weighted by molar-refractivity contribution is 0.102. The first-order valence-corrected chi connectivity index (χ1v) is 9.46. The molecule has 0 aliphatic rings. The normalized spacial score (nSPS) is 10.9. The largest absolute Gasteiger partial charge is 0.339 e. The summed E-state index contributed by atoms with van der Waals surface area (Å²) < 4.78 is 0. The van der Waals surface area contributed by atoms with Crippen molar-refractivity contribution in [1.29, 1.82) is 0 Å². The molecule has 0 saturated carbocycles. The molecule has 2 heterocycles. The van der Waals surface area contributed by atoms with Gasteiger partial charge in [0.05, 0.1) is 11.2 Å². The van der Waals surface area contributed by atoms with Crippen molar-refractivity contribution in [2.24, 2.45) is 0 Å². The molecule has 4 aromatic rings. The van der Waals surface area contributed by atoms with E-state index in [4.69, 9.17) is 0 Å². The number of amides is 1. The molecule has 0 saturated heterocycles. The molecule has 2 N–H and O–H groups in total. The molecule has 144 valence electrons. The van der Waals surface area contributed by atoms with Crippen LogP contribution in [0.4, 0.5) is 17.2 Å². The molecule has 0 aliphatic carbocycles. The predicted octanol–water partition coefficient (Wildman–Crippen LogP) is 5.14. The van der Waals surface area contributed by atoms with Crippen LogP contribution in [0.1, 0.15) is 35.8 Å². The fraction of sp³-hybridized carbons (Fsp3) is 0.130. The SMILES string of the molecule is CC(C)c1ccc(Nc2ccc(C(=O)Nc3cccc4cccnc34)nn2)cc1. The van der Waals surface area contributed by atoms with Gasteiger partial charge < -0.3 is 10.6 Å². The minimum absolute atomic E-state index is 0.235. The molecule has 6 heteroatoms. The Balaban J connectivity index is 1.46. The Bertz CT molecular complexity index is 1130. The molecule has 0 aliphatic heterocycles. The van der Waals surface area contributed by atoms with Gasteiger partial charge in [-0.2, -0.15) is 0 Å². The summed E-state index contributed by atoms with van der Waals surface area (Å²) in [4.78, 5) is 16.9. The molecular weight excluding hydrogens is 362 g/mol. The third-order valence-electron chi connectivity index (χ3n) is 4.63. The zero-order chi connectivity index (χ0) is 20.2. The van der Waals surface area contributed by atoms with Crippen molar-refractivity contribution >= 4 is 34.0 Å². The van der Waals surface area contributed by atoms with E-state index in [0.717, 1.165) is 16.6 Å². The molecule has 0 spiro atoms. The van der Waals surface area contributed by atoms with E-state index in [1.165, 1.54) is 5.56 Å². The van der Waals surface area contributed by atoms with E-state index in [9.17, 15) is 4.79 Å². The molecule has 4 rings (SSSR count). The Kier molecular flexibility index (Phi) is 5.16. The Morgan fingerprint density at radius 2 is 1.69 bits per heavy atom. The first-order valence-electron chi connectivity index (χ1n) is 9.46. The van der Waals surface area contributed by atoms with Gasteiger partial charge in [0.2, 0.25) is 0 Å². The van der Waals surface area contributed by atoms with E-state index < -0.39 is 0 Å². The zero-order valence-electron chi connectivity index (χ0n) is 16.3. The van der Waals surface area contributed by atoms with Crippen LogP contribution in [0.2, 0.25) is 0 Å². The topological polar surface area (TPSA) is 79.8 Å². The van der Waals surface area contributed by atoms with Crippen LogP contribution in [0.15, 0.2) is 72.9 Å². The van der Waals surface area contributed by atoms with Gasteiger partial charge in [-0.05, 0) is 47.9 Å². The highest BCUT2D eigenvalue weighted by molar-refractivity contribution is 6.07. The molecule has 2 aromatic carbocycles. The van der Waals surface area contributed by atoms with Crippen molar-refractivity contribution in [3.63, 3.8) is 0 Å². The van der Waals surface area contributed by atoms with Crippen LogP contribution in [0.3, 0.4) is 0 Å². The van der Waals surface area contributed by atoms with E-state index in [-0.39, 0.29) is 11.6 Å². The summed E-state index contributed by atoms with van der Waals surface area (Å²) in [7, 11) is 0. The van der Waals surface area contributed by atoms with Crippen LogP contribution in [0.5, 0.6) is 0 Å². The van der Waals surface area contributed by atoms with Gasteiger partial charge in [0.1, 0.15) is 0 Å². The third-order valence-corrected chi connectivity index (χ3v) is 4.63. The molecule has 0 radical (unpaired) electrons. The fourth-order valence-electron chi connectivity index (χ4n) is 3.01. The lowest BCUT2D eigenvalue weighted by atomic mass is 10.0. The molecule has 6 nitrogen and oxygen atoms in total. The number of hydrogen-bond acceptors (Lipinski definition) is 5. The van der Waals surface area contributed by atoms with Crippen molar-refractivity contribution in [3.8, 4) is 0 Å². The third kappa shape index (κ3) is 4.21. The van der Waals surface area contributed by atoms with Crippen molar-refractivity contribution in [2.75, 3.05) is 10.6 Å². The van der Waals surface area contributed by atoms with E-state index in [1.54, 1.807) is 18.3 Å². The number of aromatic nitrogens is 3. The van der Waals surface area contributed by atoms with Crippen LogP contribution in [-0.2, 0) is 0 Å². The average Bonchev–Trinajstić information content (AvgIpc) is 2.75. The maximum Gasteiger partial charge on any atom is 0.276 e. The Morgan fingerprint density at radius 1 is 0.897 bits per heavy atom. The van der Waals surface area contributed by atoms with Crippen LogP contribution in [0, 0.1) is 0 Å². The monoisotopic (exact) mass is 383 g/mol. The number of fused-ring (bicyclic) bond motifs is 1. The van der Waals surface area contributed by atoms with Crippen LogP contribution < -0.4 is 10.6 Å². The number of benzene rings is 2. The van der Waals surface area contributed by atoms with Crippen molar-refractivity contribution < 1.29 is 4.79 Å². The maximum absolute atomic E-state index is 12.6. The number of anilines is 3. The van der Waals surface area contributed by atoms with Crippen LogP contribution in [0.25, 0.3) is 10.9 Å². The number of para-hydroxylation sites is 1. The highest BCUT2D eigenvalue weighted by Gasteiger charge is 2.11. The number of nitrogens with zero attached hydrogens (tertiary/aromatic N) is 3. The Morgan fingerprint density at radius 3 is 2.41 bits per heavy atom. The fourth-order valence-corrected chi connectivity index (χ4v) is 3.01. The van der Waals surface area contributed by atoms with Gasteiger partial charge in [-0.25, -0.2) is 0 Å². The minimum Gasteiger partial charge on any atom is -0.339 e. The highest BCUT2D eigenvalue weighted by atomic mass is 16.1. The molecule has 0 atom stereocenters. The summed E-state index contributed by atoms with van der Waals surface area (Å²) in [5.74, 6) is 0.729. The second-order valence-electron chi connectivity index (χ2n) is 7.04. The zero-order valence-corrected chi connectivity index (χ0v) is 16.3. The quantitative estimate of drug-likeness (QED) is 0.498. The first-order chi connectivity index (χ1) is 14.1. The average molecular weight is 383 g/mol. The summed E-state index contributed by atoms with van der Waals surface area (Å²) in [6, 6.07) is 21.0. The van der Waals surface area contributed by atoms with E-state index in [1.807, 2.05) is 42.5 Å². The van der Waals surface area contributed by atoms with E-state index in [0.29, 0.717) is 17.4 Å². The van der Waals surface area contributed by atoms with Gasteiger partial charge in [-0.1, -0.05) is 44.2 Å². The second kappa shape index (κ2) is 8.06. The van der Waals surface area contributed by atoms with Gasteiger partial charge >= 0.3 is 0 Å². The summed E-state index contributed by atoms with van der Waals surface area (Å²) in [5.41, 5.74) is 3.81. The van der Waals surface area contributed by atoms with Gasteiger partial charge in [-0.3, -0.25) is 9.78 Å². The number of carbonyl (C=O) groups excluding carboxylic acids is 1. The standard InChI is InChI=1S/C23H21N5O/c1-15(2)16-8-10-18(11-9-16)25-21-13-12-20(27-28-21)23(29)26-19-7-3-5-17-6-4-14-24-22(17)19/h3-15H,1-2H3,(H,25,28)(H,26,29). The summed E-state index contributed by atoms with van der Waals surface area (Å²) >= 11 is 0. The summed E-state index contributed by atoms with van der Waals surface area (Å²) in [6.45, 7) is 4.32. The molecule has 0 fully saturated rings. The number of pyridine rings is 1. The molecule has 0 bridgehead atoms. The van der Waals surface area contributed by atoms with E-state index >= 15 is 0 Å². The van der Waals surface area contributed by atoms with Gasteiger partial charge in [0.15, 0.2) is 11.5 Å². The molecule has 29 heavy (non-hydrogen) atoms. The Labute approximate surface area is 169 Å². The molecule has 2 aromatic heterocycles. The first kappa shape index (κ1) is 18.6. The minimum atomic E-state index is -0.330. The van der Waals surface area contributed by atoms with Gasteiger partial charge in [0, 0.05) is 17.3 Å². The number of hydrogen-bond donors (Lipinski definition) is 2. The highest BCUT2D eigenvalue weighted by Crippen LogP contribution is 2.22. The number of rotatable bonds is 5. The van der Waals surface area contributed by atoms with Crippen molar-refractivity contribution in [1.82, 2.24) is 15.2 Å². The van der Waals surface area contributed by atoms with Gasteiger partial charge in [0.25, 0.3) is 5.91 Å². The summed E-state index contributed by atoms with van der Waals surface area (Å²) in [6.07, 6.45) is 1.70. The van der Waals surface area contributed by atoms with E-state index in [2.05, 4.69) is 51.8 Å². The lowest BCUT2D eigenvalue weighted by Gasteiger charge is -2.09. The van der Waals surface area contributed by atoms with Crippen LogP contribution in [-0.4, -0.2) is 21.1 Å². The van der Waals surface area contributed by atoms with Gasteiger partial charge in [-0.15, -0.1) is 10.2 Å². The van der Waals surface area contributed by atoms with Crippen molar-refractivity contribution in [2.45, 2.75) is 19.8 Å². The summed E-state index contributed by atoms with van der Waals surface area (Å²) in [5, 5.41) is 15.2. The lowest BCUT2D eigenvalue weighted by Crippen LogP contribution is -2.15. The predicted molar refractivity (Wildman–Crippen MR) is 116 cm³/mol. The van der Waals surface area contributed by atoms with Crippen LogP contribution >= 0.6 is 0 Å². The molecule has 1 amide bonds. The molecular formula is C23H21N5O.